The Balaban J connectivity index is 0.000000144. The molecule has 0 radical (unpaired) electrons. The van der Waals surface area contributed by atoms with Crippen molar-refractivity contribution in [2.24, 2.45) is 27.1 Å². The summed E-state index contributed by atoms with van der Waals surface area (Å²) < 4.78 is 145. The summed E-state index contributed by atoms with van der Waals surface area (Å²) in [5.74, 6) is -3.49. The molecule has 0 saturated heterocycles. The van der Waals surface area contributed by atoms with Gasteiger partial charge in [-0.05, 0) is 302 Å². The molecule has 0 spiro atoms. The SMILES string of the molecule is CC1(C)CCCC1c1cc(CO)ccc1-c1cc(F)ccc1F.CC1(C)CCCC1c1cc(CO)ccc1-c1cc(F)ccc1F.CC1(C)CCC[C@@H]1c1cc(CO)ccc1-c1cc(F)ccc1F.CC1(C)CCC[C@H]1c1cc(CO)ccc1-c1cc(F)ccc1F.COC(=O)c1ccc(-c2cc(F)ccc2F)c(C2CCCC2(C)C)c1. The molecule has 6 nitrogen and oxygen atoms in total. The number of hydrogen-bond acceptors (Lipinski definition) is 6. The van der Waals surface area contributed by atoms with Crippen LogP contribution in [-0.4, -0.2) is 33.5 Å². The molecule has 5 atom stereocenters. The van der Waals surface area contributed by atoms with E-state index in [1.807, 2.05) is 48.5 Å². The molecule has 10 aromatic carbocycles. The largest absolute Gasteiger partial charge is 0.465 e. The van der Waals surface area contributed by atoms with E-state index < -0.39 is 64.1 Å². The van der Waals surface area contributed by atoms with Crippen molar-refractivity contribution in [3.8, 4) is 55.6 Å². The van der Waals surface area contributed by atoms with Gasteiger partial charge in [0.2, 0.25) is 0 Å². The van der Waals surface area contributed by atoms with Crippen molar-refractivity contribution >= 4 is 5.97 Å². The highest BCUT2D eigenvalue weighted by Crippen LogP contribution is 2.57. The zero-order chi connectivity index (χ0) is 84.6. The van der Waals surface area contributed by atoms with E-state index in [1.165, 1.54) is 61.7 Å². The van der Waals surface area contributed by atoms with Gasteiger partial charge in [-0.1, -0.05) is 180 Å². The summed E-state index contributed by atoms with van der Waals surface area (Å²) in [5, 5.41) is 37.8. The zero-order valence-electron chi connectivity index (χ0n) is 69.0. The van der Waals surface area contributed by atoms with Crippen molar-refractivity contribution in [2.75, 3.05) is 7.11 Å². The van der Waals surface area contributed by atoms with Crippen LogP contribution < -0.4 is 0 Å². The van der Waals surface area contributed by atoms with E-state index in [2.05, 4.69) is 69.2 Å². The molecule has 3 unspecified atom stereocenters. The Hall–Kier alpha value is -9.19. The van der Waals surface area contributed by atoms with Gasteiger partial charge in [-0.15, -0.1) is 0 Å². The van der Waals surface area contributed by atoms with E-state index in [9.17, 15) is 69.1 Å². The number of ether oxygens (including phenoxy) is 1. The van der Waals surface area contributed by atoms with Crippen molar-refractivity contribution in [2.45, 2.75) is 222 Å². The minimum Gasteiger partial charge on any atom is -0.465 e. The van der Waals surface area contributed by atoms with Gasteiger partial charge in [-0.3, -0.25) is 0 Å². The Morgan fingerprint density at radius 1 is 0.282 bits per heavy atom. The van der Waals surface area contributed by atoms with Crippen LogP contribution in [0, 0.1) is 85.2 Å². The van der Waals surface area contributed by atoms with Gasteiger partial charge in [0.25, 0.3) is 0 Å². The molecule has 0 aliphatic heterocycles. The lowest BCUT2D eigenvalue weighted by Gasteiger charge is -2.29. The number of methoxy groups -OCH3 is 1. The summed E-state index contributed by atoms with van der Waals surface area (Å²) in [5.41, 5.74) is 14.1. The van der Waals surface area contributed by atoms with Gasteiger partial charge >= 0.3 is 5.97 Å². The first-order valence-corrected chi connectivity index (χ1v) is 41.0. The van der Waals surface area contributed by atoms with Crippen LogP contribution in [0.3, 0.4) is 0 Å². The topological polar surface area (TPSA) is 107 Å². The summed E-state index contributed by atoms with van der Waals surface area (Å²) in [7, 11) is 1.33. The summed E-state index contributed by atoms with van der Waals surface area (Å²) in [4.78, 5) is 12.0. The number of halogens is 10. The average molecular weight is 1610 g/mol. The Morgan fingerprint density at radius 2 is 0.479 bits per heavy atom. The van der Waals surface area contributed by atoms with Crippen LogP contribution in [0.2, 0.25) is 0 Å². The lowest BCUT2D eigenvalue weighted by molar-refractivity contribution is 0.0600. The highest BCUT2D eigenvalue weighted by molar-refractivity contribution is 5.91. The third-order valence-electron chi connectivity index (χ3n) is 25.9. The molecule has 5 aliphatic rings. The van der Waals surface area contributed by atoms with Crippen LogP contribution in [0.4, 0.5) is 43.9 Å². The molecule has 0 bridgehead atoms. The molecule has 10 aromatic rings. The fourth-order valence-corrected chi connectivity index (χ4v) is 19.4. The molecule has 0 amide bonds. The van der Waals surface area contributed by atoms with Crippen LogP contribution in [0.25, 0.3) is 55.6 Å². The predicted molar refractivity (Wildman–Crippen MR) is 446 cm³/mol. The summed E-state index contributed by atoms with van der Waals surface area (Å²) in [6, 6.07) is 45.1. The second-order valence-electron chi connectivity index (χ2n) is 35.9. The Kier molecular flexibility index (Phi) is 28.3. The standard InChI is InChI=1S/C21H22F2O2.4C20H22F2O/c1-21(2)10-4-5-18(21)16-11-13(20(24)25-3)6-8-15(16)17-12-14(22)7-9-19(17)23;4*1-20(2)9-3-4-18(20)16-10-13(12-23)5-7-15(16)17-11-14(21)6-8-19(17)22/h6-9,11-12,18H,4-5,10H2,1-3H3;4*5-8,10-11,18,23H,3-4,9,12H2,1-2H3/t;2*18-;;/m.10../s1. The average Bonchev–Trinajstić information content (AvgIpc) is 1.76. The lowest BCUT2D eigenvalue weighted by Crippen LogP contribution is -2.17. The molecule has 620 valence electrons. The van der Waals surface area contributed by atoms with E-state index in [0.717, 1.165) is 205 Å². The number of benzene rings is 10. The van der Waals surface area contributed by atoms with Crippen molar-refractivity contribution in [1.82, 2.24) is 0 Å². The van der Waals surface area contributed by atoms with Gasteiger partial charge in [0, 0.05) is 27.8 Å². The van der Waals surface area contributed by atoms with Gasteiger partial charge in [0.1, 0.15) is 58.2 Å². The number of carbonyl (C=O) groups excluding carboxylic acids is 1. The molecule has 117 heavy (non-hydrogen) atoms. The maximum atomic E-state index is 14.4. The molecule has 4 N–H and O–H groups in total. The van der Waals surface area contributed by atoms with Gasteiger partial charge < -0.3 is 25.2 Å². The zero-order valence-corrected chi connectivity index (χ0v) is 69.0. The second kappa shape index (κ2) is 37.4. The van der Waals surface area contributed by atoms with E-state index in [-0.39, 0.29) is 88.7 Å². The molecular formula is C101H110F10O6. The van der Waals surface area contributed by atoms with E-state index in [1.54, 1.807) is 42.5 Å². The van der Waals surface area contributed by atoms with Crippen molar-refractivity contribution in [3.63, 3.8) is 0 Å². The Labute approximate surface area is 683 Å². The van der Waals surface area contributed by atoms with Crippen LogP contribution in [0.15, 0.2) is 182 Å². The van der Waals surface area contributed by atoms with Crippen LogP contribution in [0.5, 0.6) is 0 Å². The number of aliphatic hydroxyl groups is 4. The fraction of sp³-hybridized carbons (Fsp3) is 0.396. The van der Waals surface area contributed by atoms with Gasteiger partial charge in [0.15, 0.2) is 0 Å². The summed E-state index contributed by atoms with van der Waals surface area (Å²) in [6.45, 7) is 22.0. The van der Waals surface area contributed by atoms with Crippen molar-refractivity contribution < 1.29 is 73.9 Å². The third kappa shape index (κ3) is 20.4. The Morgan fingerprint density at radius 3 is 0.658 bits per heavy atom. The first-order chi connectivity index (χ1) is 55.5. The quantitative estimate of drug-likeness (QED) is 0.0602. The third-order valence-corrected chi connectivity index (χ3v) is 25.9. The number of rotatable bonds is 15. The van der Waals surface area contributed by atoms with E-state index in [4.69, 9.17) is 4.74 Å². The first-order valence-electron chi connectivity index (χ1n) is 41.0. The van der Waals surface area contributed by atoms with E-state index in [0.29, 0.717) is 33.4 Å². The fourth-order valence-electron chi connectivity index (χ4n) is 19.4. The van der Waals surface area contributed by atoms with E-state index >= 15 is 0 Å². The summed E-state index contributed by atoms with van der Waals surface area (Å²) >= 11 is 0. The molecule has 5 aliphatic carbocycles. The molecule has 16 heteroatoms. The highest BCUT2D eigenvalue weighted by atomic mass is 19.2. The summed E-state index contributed by atoms with van der Waals surface area (Å²) in [6.07, 6.45) is 16.2. The number of carbonyl (C=O) groups is 1. The van der Waals surface area contributed by atoms with Gasteiger partial charge in [-0.25, -0.2) is 48.7 Å². The Bertz CT molecular complexity index is 4680. The monoisotopic (exact) mass is 1610 g/mol. The predicted octanol–water partition coefficient (Wildman–Crippen LogP) is 27.4. The maximum Gasteiger partial charge on any atom is 0.337 e. The number of hydrogen-bond donors (Lipinski definition) is 4. The van der Waals surface area contributed by atoms with Gasteiger partial charge in [0.05, 0.1) is 39.1 Å². The second-order valence-corrected chi connectivity index (χ2v) is 35.9. The smallest absolute Gasteiger partial charge is 0.337 e. The number of esters is 1. The molecule has 5 fully saturated rings. The van der Waals surface area contributed by atoms with Crippen LogP contribution in [0.1, 0.15) is 256 Å². The van der Waals surface area contributed by atoms with Crippen LogP contribution >= 0.6 is 0 Å². The van der Waals surface area contributed by atoms with Gasteiger partial charge in [-0.2, -0.15) is 0 Å². The molecule has 0 heterocycles. The van der Waals surface area contributed by atoms with Crippen molar-refractivity contribution in [1.29, 1.82) is 0 Å². The first kappa shape index (κ1) is 88.6. The number of aliphatic hydroxyl groups excluding tert-OH is 4. The minimum atomic E-state index is -0.481. The normalized spacial score (nSPS) is 19.8. The molecule has 15 rings (SSSR count). The van der Waals surface area contributed by atoms with Crippen molar-refractivity contribution in [3.05, 3.63) is 296 Å². The maximum absolute atomic E-state index is 14.4. The van der Waals surface area contributed by atoms with Crippen LogP contribution in [-0.2, 0) is 31.2 Å². The minimum absolute atomic E-state index is 0.0350. The molecule has 5 saturated carbocycles. The molecular weight excluding hydrogens is 1500 g/mol. The highest BCUT2D eigenvalue weighted by Gasteiger charge is 2.42. The lowest BCUT2D eigenvalue weighted by atomic mass is 9.75. The molecule has 0 aromatic heterocycles.